The zero-order valence-corrected chi connectivity index (χ0v) is 10.8. The van der Waals surface area contributed by atoms with Crippen molar-refractivity contribution in [1.82, 2.24) is 10.5 Å². The molecular formula is C12H16N2O5. The predicted molar refractivity (Wildman–Crippen MR) is 63.8 cm³/mol. The smallest absolute Gasteiger partial charge is 0.334 e. The Labute approximate surface area is 109 Å². The maximum absolute atomic E-state index is 11.9. The summed E-state index contributed by atoms with van der Waals surface area (Å²) in [6.07, 6.45) is -0.530. The molecule has 2 N–H and O–H groups in total. The Hall–Kier alpha value is -1.89. The molecule has 1 amide bonds. The highest BCUT2D eigenvalue weighted by molar-refractivity contribution is 5.93. The molecule has 2 atom stereocenters. The van der Waals surface area contributed by atoms with Crippen molar-refractivity contribution in [3.05, 3.63) is 17.5 Å². The molecule has 0 spiro atoms. The minimum Gasteiger partial charge on any atom is -0.479 e. The van der Waals surface area contributed by atoms with Crippen LogP contribution in [0.4, 0.5) is 0 Å². The van der Waals surface area contributed by atoms with E-state index in [0.29, 0.717) is 18.8 Å². The molecule has 2 heterocycles. The van der Waals surface area contributed by atoms with Gasteiger partial charge in [0.1, 0.15) is 5.76 Å². The third-order valence-corrected chi connectivity index (χ3v) is 2.98. The van der Waals surface area contributed by atoms with Crippen molar-refractivity contribution in [3.8, 4) is 0 Å². The van der Waals surface area contributed by atoms with Gasteiger partial charge in [-0.3, -0.25) is 4.79 Å². The minimum atomic E-state index is -1.08. The number of nitrogens with one attached hydrogen (secondary N) is 1. The molecule has 7 heteroatoms. The van der Waals surface area contributed by atoms with Crippen molar-refractivity contribution in [2.24, 2.45) is 0 Å². The van der Waals surface area contributed by atoms with E-state index >= 15 is 0 Å². The van der Waals surface area contributed by atoms with E-state index in [2.05, 4.69) is 10.5 Å². The van der Waals surface area contributed by atoms with Crippen LogP contribution >= 0.6 is 0 Å². The Balaban J connectivity index is 2.02. The number of nitrogens with zero attached hydrogens (tertiary/aromatic N) is 1. The van der Waals surface area contributed by atoms with Gasteiger partial charge in [-0.15, -0.1) is 0 Å². The van der Waals surface area contributed by atoms with E-state index in [4.69, 9.17) is 14.4 Å². The largest absolute Gasteiger partial charge is 0.479 e. The molecule has 0 bridgehead atoms. The predicted octanol–water partition coefficient (Wildman–Crippen LogP) is 0.770. The molecule has 0 radical (unpaired) electrons. The van der Waals surface area contributed by atoms with Gasteiger partial charge in [0.05, 0.1) is 6.04 Å². The number of aromatic nitrogens is 1. The standard InChI is InChI=1S/C12H16N2O5/c1-6(2)9-5-8(14-19-9)11(15)13-7-3-4-18-10(7)12(16)17/h5-7,10H,3-4H2,1-2H3,(H,13,15)(H,16,17)/t7-,10+/m1/s1. The molecule has 1 aliphatic rings. The second-order valence-corrected chi connectivity index (χ2v) is 4.77. The van der Waals surface area contributed by atoms with E-state index in [1.807, 2.05) is 13.8 Å². The summed E-state index contributed by atoms with van der Waals surface area (Å²) >= 11 is 0. The summed E-state index contributed by atoms with van der Waals surface area (Å²) in [5, 5.41) is 15.2. The lowest BCUT2D eigenvalue weighted by Gasteiger charge is -2.15. The van der Waals surface area contributed by atoms with Gasteiger partial charge in [-0.25, -0.2) is 4.79 Å². The van der Waals surface area contributed by atoms with Crippen molar-refractivity contribution in [2.75, 3.05) is 6.61 Å². The van der Waals surface area contributed by atoms with Crippen molar-refractivity contribution >= 4 is 11.9 Å². The molecule has 0 aliphatic carbocycles. The van der Waals surface area contributed by atoms with Crippen molar-refractivity contribution in [1.29, 1.82) is 0 Å². The molecule has 1 fully saturated rings. The molecule has 0 saturated carbocycles. The Morgan fingerprint density at radius 1 is 1.53 bits per heavy atom. The Morgan fingerprint density at radius 2 is 2.26 bits per heavy atom. The average Bonchev–Trinajstić information content (AvgIpc) is 2.96. The van der Waals surface area contributed by atoms with Crippen LogP contribution in [0.15, 0.2) is 10.6 Å². The quantitative estimate of drug-likeness (QED) is 0.836. The van der Waals surface area contributed by atoms with Crippen molar-refractivity contribution < 1.29 is 24.0 Å². The van der Waals surface area contributed by atoms with E-state index in [1.54, 1.807) is 6.07 Å². The number of aliphatic carboxylic acids is 1. The molecule has 19 heavy (non-hydrogen) atoms. The normalized spacial score (nSPS) is 22.7. The van der Waals surface area contributed by atoms with E-state index in [0.717, 1.165) is 0 Å². The molecule has 2 rings (SSSR count). The monoisotopic (exact) mass is 268 g/mol. The first kappa shape index (κ1) is 13.5. The zero-order chi connectivity index (χ0) is 14.0. The molecule has 104 valence electrons. The fraction of sp³-hybridized carbons (Fsp3) is 0.583. The highest BCUT2D eigenvalue weighted by Gasteiger charge is 2.35. The summed E-state index contributed by atoms with van der Waals surface area (Å²) in [5.41, 5.74) is 0.153. The highest BCUT2D eigenvalue weighted by Crippen LogP contribution is 2.17. The second-order valence-electron chi connectivity index (χ2n) is 4.77. The summed E-state index contributed by atoms with van der Waals surface area (Å²) in [5.74, 6) is -0.776. The summed E-state index contributed by atoms with van der Waals surface area (Å²) in [4.78, 5) is 22.8. The van der Waals surface area contributed by atoms with Crippen LogP contribution in [-0.2, 0) is 9.53 Å². The van der Waals surface area contributed by atoms with Crippen LogP contribution in [0.3, 0.4) is 0 Å². The number of amides is 1. The van der Waals surface area contributed by atoms with E-state index < -0.39 is 24.0 Å². The van der Waals surface area contributed by atoms with Gasteiger partial charge < -0.3 is 19.7 Å². The molecule has 1 aromatic heterocycles. The average molecular weight is 268 g/mol. The van der Waals surface area contributed by atoms with Gasteiger partial charge in [0.2, 0.25) is 0 Å². The maximum Gasteiger partial charge on any atom is 0.334 e. The van der Waals surface area contributed by atoms with Gasteiger partial charge in [0.15, 0.2) is 11.8 Å². The molecular weight excluding hydrogens is 252 g/mol. The van der Waals surface area contributed by atoms with Crippen LogP contribution in [0.25, 0.3) is 0 Å². The molecule has 7 nitrogen and oxygen atoms in total. The summed E-state index contributed by atoms with van der Waals surface area (Å²) < 4.78 is 10.1. The first-order valence-electron chi connectivity index (χ1n) is 6.11. The van der Waals surface area contributed by atoms with Gasteiger partial charge >= 0.3 is 5.97 Å². The lowest BCUT2D eigenvalue weighted by atomic mass is 10.1. The number of carboxylic acid groups (broad SMARTS) is 1. The van der Waals surface area contributed by atoms with Gasteiger partial charge in [0.25, 0.3) is 5.91 Å². The zero-order valence-electron chi connectivity index (χ0n) is 10.8. The highest BCUT2D eigenvalue weighted by atomic mass is 16.5. The Bertz CT molecular complexity index is 482. The van der Waals surface area contributed by atoms with Crippen molar-refractivity contribution in [3.63, 3.8) is 0 Å². The van der Waals surface area contributed by atoms with Crippen molar-refractivity contribution in [2.45, 2.75) is 38.3 Å². The number of carbonyl (C=O) groups excluding carboxylic acids is 1. The molecule has 0 aromatic carbocycles. The molecule has 1 aliphatic heterocycles. The minimum absolute atomic E-state index is 0.135. The van der Waals surface area contributed by atoms with Gasteiger partial charge in [-0.05, 0) is 6.42 Å². The van der Waals surface area contributed by atoms with Gasteiger partial charge in [-0.2, -0.15) is 0 Å². The number of carbonyl (C=O) groups is 2. The SMILES string of the molecule is CC(C)c1cc(C(=O)N[C@@H]2CCO[C@@H]2C(=O)O)no1. The first-order valence-corrected chi connectivity index (χ1v) is 6.11. The van der Waals surface area contributed by atoms with Gasteiger partial charge in [0, 0.05) is 18.6 Å². The number of hydrogen-bond donors (Lipinski definition) is 2. The van der Waals surface area contributed by atoms with Crippen LogP contribution in [-0.4, -0.2) is 40.9 Å². The second kappa shape index (κ2) is 5.40. The third-order valence-electron chi connectivity index (χ3n) is 2.98. The maximum atomic E-state index is 11.9. The summed E-state index contributed by atoms with van der Waals surface area (Å²) in [6, 6.07) is 1.02. The number of carboxylic acids is 1. The van der Waals surface area contributed by atoms with E-state index in [1.165, 1.54) is 0 Å². The summed E-state index contributed by atoms with van der Waals surface area (Å²) in [7, 11) is 0. The van der Waals surface area contributed by atoms with E-state index in [9.17, 15) is 9.59 Å². The van der Waals surface area contributed by atoms with Crippen LogP contribution in [0.5, 0.6) is 0 Å². The topological polar surface area (TPSA) is 102 Å². The van der Waals surface area contributed by atoms with E-state index in [-0.39, 0.29) is 11.6 Å². The lowest BCUT2D eigenvalue weighted by molar-refractivity contribution is -0.148. The van der Waals surface area contributed by atoms with Gasteiger partial charge in [-0.1, -0.05) is 19.0 Å². The van der Waals surface area contributed by atoms with Crippen LogP contribution in [0.1, 0.15) is 42.4 Å². The van der Waals surface area contributed by atoms with Crippen LogP contribution in [0.2, 0.25) is 0 Å². The fourth-order valence-corrected chi connectivity index (χ4v) is 1.89. The van der Waals surface area contributed by atoms with Crippen LogP contribution in [0, 0.1) is 0 Å². The third kappa shape index (κ3) is 2.93. The first-order chi connectivity index (χ1) is 8.99. The van der Waals surface area contributed by atoms with Crippen LogP contribution < -0.4 is 5.32 Å². The number of rotatable bonds is 4. The summed E-state index contributed by atoms with van der Waals surface area (Å²) in [6.45, 7) is 4.17. The molecule has 1 saturated heterocycles. The molecule has 0 unspecified atom stereocenters. The fourth-order valence-electron chi connectivity index (χ4n) is 1.89. The number of hydrogen-bond acceptors (Lipinski definition) is 5. The Kier molecular flexibility index (Phi) is 3.84. The number of ether oxygens (including phenoxy) is 1. The molecule has 1 aromatic rings. The Morgan fingerprint density at radius 3 is 2.84 bits per heavy atom. The lowest BCUT2D eigenvalue weighted by Crippen LogP contribution is -2.44.